The molecule has 0 bridgehead atoms. The van der Waals surface area contributed by atoms with Crippen molar-refractivity contribution in [2.45, 2.75) is 6.42 Å². The maximum absolute atomic E-state index is 12.8. The van der Waals surface area contributed by atoms with Crippen LogP contribution in [0.5, 0.6) is 0 Å². The zero-order chi connectivity index (χ0) is 23.3. The first-order valence-corrected chi connectivity index (χ1v) is 12.4. The zero-order valence-electron chi connectivity index (χ0n) is 18.0. The maximum Gasteiger partial charge on any atom is 0.262 e. The number of thiophene rings is 1. The second-order valence-corrected chi connectivity index (χ2v) is 9.23. The summed E-state index contributed by atoms with van der Waals surface area (Å²) in [5, 5.41) is 11.4. The monoisotopic (exact) mass is 488 g/mol. The Morgan fingerprint density at radius 2 is 1.74 bits per heavy atom. The van der Waals surface area contributed by atoms with Crippen LogP contribution in [0, 0.1) is 0 Å². The molecule has 0 fully saturated rings. The van der Waals surface area contributed by atoms with Gasteiger partial charge >= 0.3 is 0 Å². The van der Waals surface area contributed by atoms with E-state index in [1.165, 1.54) is 22.7 Å². The number of nitrogens with zero attached hydrogens (tertiary/aromatic N) is 2. The van der Waals surface area contributed by atoms with Crippen LogP contribution in [0.25, 0.3) is 33.0 Å². The van der Waals surface area contributed by atoms with E-state index >= 15 is 0 Å². The van der Waals surface area contributed by atoms with Gasteiger partial charge in [0.1, 0.15) is 21.2 Å². The Kier molecular flexibility index (Phi) is 6.46. The van der Waals surface area contributed by atoms with Crippen molar-refractivity contribution in [1.82, 2.24) is 20.6 Å². The quantitative estimate of drug-likeness (QED) is 0.292. The van der Waals surface area contributed by atoms with Gasteiger partial charge in [0.15, 0.2) is 5.76 Å². The Labute approximate surface area is 203 Å². The third kappa shape index (κ3) is 4.75. The van der Waals surface area contributed by atoms with Crippen LogP contribution in [0.15, 0.2) is 76.1 Å². The number of hydrogen-bond acceptors (Lipinski definition) is 7. The molecule has 0 radical (unpaired) electrons. The highest BCUT2D eigenvalue weighted by molar-refractivity contribution is 7.15. The molecule has 0 aliphatic heterocycles. The van der Waals surface area contributed by atoms with Crippen LogP contribution in [0.4, 0.5) is 0 Å². The van der Waals surface area contributed by atoms with E-state index in [2.05, 4.69) is 15.6 Å². The number of para-hydroxylation sites is 1. The van der Waals surface area contributed by atoms with Gasteiger partial charge in [-0.1, -0.05) is 18.2 Å². The molecule has 5 aromatic rings. The van der Waals surface area contributed by atoms with Crippen LogP contribution < -0.4 is 10.6 Å². The van der Waals surface area contributed by atoms with Gasteiger partial charge in [0, 0.05) is 47.4 Å². The van der Waals surface area contributed by atoms with Crippen LogP contribution in [-0.4, -0.2) is 34.9 Å². The second-order valence-electron chi connectivity index (χ2n) is 7.45. The standard InChI is InChI=1S/C25H20N4O3S2/c30-23(16-6-11-26-12-7-16)27-9-3-10-28-24(31)22-18(8-13-33-22)25-29-19(15-34-25)21-14-17-4-1-2-5-20(17)32-21/h1-2,4-8,11-15H,3,9-10H2,(H,27,30)(H,28,31). The first-order chi connectivity index (χ1) is 16.7. The highest BCUT2D eigenvalue weighted by Crippen LogP contribution is 2.35. The summed E-state index contributed by atoms with van der Waals surface area (Å²) in [6.45, 7) is 0.918. The summed E-state index contributed by atoms with van der Waals surface area (Å²) >= 11 is 2.86. The minimum absolute atomic E-state index is 0.147. The summed E-state index contributed by atoms with van der Waals surface area (Å²) in [5.41, 5.74) is 2.94. The summed E-state index contributed by atoms with van der Waals surface area (Å²) in [6.07, 6.45) is 3.78. The lowest BCUT2D eigenvalue weighted by Gasteiger charge is -2.07. The fourth-order valence-electron chi connectivity index (χ4n) is 3.45. The van der Waals surface area contributed by atoms with Gasteiger partial charge in [-0.3, -0.25) is 14.6 Å². The number of pyridine rings is 1. The highest BCUT2D eigenvalue weighted by atomic mass is 32.1. The summed E-state index contributed by atoms with van der Waals surface area (Å²) in [6, 6.07) is 15.0. The first kappa shape index (κ1) is 22.0. The molecule has 34 heavy (non-hydrogen) atoms. The Morgan fingerprint density at radius 3 is 2.56 bits per heavy atom. The smallest absolute Gasteiger partial charge is 0.262 e. The molecule has 0 spiro atoms. The summed E-state index contributed by atoms with van der Waals surface area (Å²) in [4.78, 5) is 34.1. The van der Waals surface area contributed by atoms with Crippen molar-refractivity contribution in [1.29, 1.82) is 0 Å². The number of aromatic nitrogens is 2. The molecule has 5 rings (SSSR count). The highest BCUT2D eigenvalue weighted by Gasteiger charge is 2.18. The summed E-state index contributed by atoms with van der Waals surface area (Å²) < 4.78 is 5.92. The van der Waals surface area contributed by atoms with Crippen molar-refractivity contribution in [3.8, 4) is 22.0 Å². The molecule has 0 saturated heterocycles. The number of fused-ring (bicyclic) bond motifs is 1. The molecule has 170 valence electrons. The van der Waals surface area contributed by atoms with E-state index in [9.17, 15) is 9.59 Å². The molecule has 1 aromatic carbocycles. The number of thiazole rings is 1. The van der Waals surface area contributed by atoms with Gasteiger partial charge in [-0.15, -0.1) is 22.7 Å². The molecule has 0 aliphatic rings. The van der Waals surface area contributed by atoms with Crippen LogP contribution >= 0.6 is 22.7 Å². The molecular weight excluding hydrogens is 468 g/mol. The number of rotatable bonds is 8. The van der Waals surface area contributed by atoms with Gasteiger partial charge in [-0.25, -0.2) is 4.98 Å². The molecule has 4 heterocycles. The number of carbonyl (C=O) groups excluding carboxylic acids is 2. The predicted octanol–water partition coefficient (Wildman–Crippen LogP) is 5.23. The summed E-state index contributed by atoms with van der Waals surface area (Å²) in [5.74, 6) is 0.406. The minimum Gasteiger partial charge on any atom is -0.454 e. The van der Waals surface area contributed by atoms with Crippen LogP contribution in [0.2, 0.25) is 0 Å². The predicted molar refractivity (Wildman–Crippen MR) is 134 cm³/mol. The van der Waals surface area contributed by atoms with Crippen molar-refractivity contribution < 1.29 is 14.0 Å². The Hall–Kier alpha value is -3.82. The largest absolute Gasteiger partial charge is 0.454 e. The third-order valence-corrected chi connectivity index (χ3v) is 6.94. The number of nitrogens with one attached hydrogen (secondary N) is 2. The third-order valence-electron chi connectivity index (χ3n) is 5.15. The maximum atomic E-state index is 12.8. The Balaban J connectivity index is 1.18. The van der Waals surface area contributed by atoms with Gasteiger partial charge in [0.25, 0.3) is 11.8 Å². The molecule has 7 nitrogen and oxygen atoms in total. The van der Waals surface area contributed by atoms with Crippen LogP contribution in [0.1, 0.15) is 26.5 Å². The SMILES string of the molecule is O=C(NCCCNC(=O)c1sccc1-c1nc(-c2cc3ccccc3o2)cs1)c1ccncc1. The van der Waals surface area contributed by atoms with E-state index in [1.807, 2.05) is 47.2 Å². The number of amides is 2. The first-order valence-electron chi connectivity index (χ1n) is 10.7. The van der Waals surface area contributed by atoms with Gasteiger partial charge < -0.3 is 15.1 Å². The zero-order valence-corrected chi connectivity index (χ0v) is 19.6. The molecule has 2 amide bonds. The van der Waals surface area contributed by atoms with E-state index < -0.39 is 0 Å². The average molecular weight is 489 g/mol. The lowest BCUT2D eigenvalue weighted by molar-refractivity contribution is 0.0953. The van der Waals surface area contributed by atoms with E-state index in [1.54, 1.807) is 24.5 Å². The molecular formula is C25H20N4O3S2. The second kappa shape index (κ2) is 9.98. The van der Waals surface area contributed by atoms with Gasteiger partial charge in [0.2, 0.25) is 0 Å². The number of benzene rings is 1. The fourth-order valence-corrected chi connectivity index (χ4v) is 5.17. The van der Waals surface area contributed by atoms with Crippen molar-refractivity contribution in [3.63, 3.8) is 0 Å². The lowest BCUT2D eigenvalue weighted by atomic mass is 10.2. The molecule has 0 aliphatic carbocycles. The molecule has 0 unspecified atom stereocenters. The fraction of sp³-hybridized carbons (Fsp3) is 0.120. The van der Waals surface area contributed by atoms with Gasteiger partial charge in [-0.05, 0) is 42.1 Å². The lowest BCUT2D eigenvalue weighted by Crippen LogP contribution is -2.29. The van der Waals surface area contributed by atoms with E-state index in [0.717, 1.165) is 27.2 Å². The molecule has 4 aromatic heterocycles. The summed E-state index contributed by atoms with van der Waals surface area (Å²) in [7, 11) is 0. The molecule has 9 heteroatoms. The van der Waals surface area contributed by atoms with Gasteiger partial charge in [-0.2, -0.15) is 0 Å². The van der Waals surface area contributed by atoms with E-state index in [0.29, 0.717) is 35.7 Å². The molecule has 2 N–H and O–H groups in total. The normalized spacial score (nSPS) is 10.9. The van der Waals surface area contributed by atoms with Gasteiger partial charge in [0.05, 0.1) is 0 Å². The van der Waals surface area contributed by atoms with Crippen molar-refractivity contribution >= 4 is 45.5 Å². The molecule has 0 saturated carbocycles. The van der Waals surface area contributed by atoms with E-state index in [-0.39, 0.29) is 11.8 Å². The number of hydrogen-bond donors (Lipinski definition) is 2. The topological polar surface area (TPSA) is 97.1 Å². The number of carbonyl (C=O) groups is 2. The Bertz CT molecular complexity index is 1410. The Morgan fingerprint density at radius 1 is 0.941 bits per heavy atom. The van der Waals surface area contributed by atoms with E-state index in [4.69, 9.17) is 9.40 Å². The van der Waals surface area contributed by atoms with Crippen molar-refractivity contribution in [2.24, 2.45) is 0 Å². The average Bonchev–Trinajstić information content (AvgIpc) is 3.62. The van der Waals surface area contributed by atoms with Crippen LogP contribution in [0.3, 0.4) is 0 Å². The number of furan rings is 1. The van der Waals surface area contributed by atoms with Crippen molar-refractivity contribution in [3.05, 3.63) is 82.1 Å². The van der Waals surface area contributed by atoms with Crippen LogP contribution in [-0.2, 0) is 0 Å². The van der Waals surface area contributed by atoms with Crippen molar-refractivity contribution in [2.75, 3.05) is 13.1 Å². The molecule has 0 atom stereocenters. The minimum atomic E-state index is -0.154.